The number of hydrogen-bond acceptors (Lipinski definition) is 5. The molecule has 0 aromatic heterocycles. The van der Waals surface area contributed by atoms with E-state index in [9.17, 15) is 18.3 Å². The zero-order valence-electron chi connectivity index (χ0n) is 11.5. The molecule has 0 saturated heterocycles. The van der Waals surface area contributed by atoms with Crippen LogP contribution in [0.2, 0.25) is 10.0 Å². The van der Waals surface area contributed by atoms with E-state index in [4.69, 9.17) is 27.8 Å². The Labute approximate surface area is 141 Å². The van der Waals surface area contributed by atoms with Crippen LogP contribution >= 0.6 is 23.2 Å². The van der Waals surface area contributed by atoms with E-state index in [1.165, 1.54) is 6.07 Å². The van der Waals surface area contributed by atoms with Crippen molar-refractivity contribution in [3.63, 3.8) is 0 Å². The van der Waals surface area contributed by atoms with Crippen molar-refractivity contribution in [2.24, 2.45) is 4.99 Å². The smallest absolute Gasteiger partial charge is 0.298 e. The SMILES string of the molecule is CC1C2=CC(=O)C(S(=O)(=O)O)=CC2=Nc2cc(Cl)c(O)c(Cl)c21. The second-order valence-electron chi connectivity index (χ2n) is 5.12. The summed E-state index contributed by atoms with van der Waals surface area (Å²) in [4.78, 5) is 15.4. The number of allylic oxidation sites excluding steroid dienone is 4. The third kappa shape index (κ3) is 2.49. The Hall–Kier alpha value is -1.67. The molecular weight excluding hydrogens is 365 g/mol. The summed E-state index contributed by atoms with van der Waals surface area (Å²) in [7, 11) is -4.65. The summed E-state index contributed by atoms with van der Waals surface area (Å²) in [5.74, 6) is -1.54. The molecule has 0 saturated carbocycles. The first-order chi connectivity index (χ1) is 10.6. The van der Waals surface area contributed by atoms with E-state index in [0.29, 0.717) is 16.8 Å². The number of halogens is 2. The van der Waals surface area contributed by atoms with Gasteiger partial charge in [-0.2, -0.15) is 8.42 Å². The maximum absolute atomic E-state index is 11.9. The van der Waals surface area contributed by atoms with Gasteiger partial charge in [0, 0.05) is 11.5 Å². The van der Waals surface area contributed by atoms with Gasteiger partial charge in [0.25, 0.3) is 10.1 Å². The molecule has 0 fully saturated rings. The first-order valence-electron chi connectivity index (χ1n) is 6.36. The zero-order valence-corrected chi connectivity index (χ0v) is 13.9. The Morgan fingerprint density at radius 3 is 2.52 bits per heavy atom. The van der Waals surface area contributed by atoms with Crippen LogP contribution < -0.4 is 0 Å². The minimum Gasteiger partial charge on any atom is -0.505 e. The second-order valence-corrected chi connectivity index (χ2v) is 7.30. The second kappa shape index (κ2) is 5.17. The highest BCUT2D eigenvalue weighted by Crippen LogP contribution is 2.48. The van der Waals surface area contributed by atoms with Gasteiger partial charge >= 0.3 is 0 Å². The number of carbonyl (C=O) groups is 1. The normalized spacial score (nSPS) is 20.3. The van der Waals surface area contributed by atoms with Gasteiger partial charge < -0.3 is 5.11 Å². The number of phenols is 1. The molecule has 120 valence electrons. The van der Waals surface area contributed by atoms with Crippen LogP contribution in [0, 0.1) is 0 Å². The lowest BCUT2D eigenvalue weighted by Gasteiger charge is -2.27. The highest BCUT2D eigenvalue weighted by Gasteiger charge is 2.34. The Balaban J connectivity index is 2.29. The molecule has 9 heteroatoms. The summed E-state index contributed by atoms with van der Waals surface area (Å²) in [6, 6.07) is 1.40. The molecule has 0 spiro atoms. The molecule has 1 aliphatic heterocycles. The molecule has 23 heavy (non-hydrogen) atoms. The number of hydrogen-bond donors (Lipinski definition) is 2. The van der Waals surface area contributed by atoms with Crippen molar-refractivity contribution in [1.82, 2.24) is 0 Å². The van der Waals surface area contributed by atoms with Gasteiger partial charge in [-0.05, 0) is 23.8 Å². The summed E-state index contributed by atoms with van der Waals surface area (Å²) in [6.45, 7) is 1.73. The van der Waals surface area contributed by atoms with Crippen LogP contribution in [0.25, 0.3) is 0 Å². The fourth-order valence-corrected chi connectivity index (χ4v) is 3.79. The van der Waals surface area contributed by atoms with E-state index in [0.717, 1.165) is 12.2 Å². The molecule has 0 amide bonds. The number of aromatic hydroxyl groups is 1. The topological polar surface area (TPSA) is 104 Å². The van der Waals surface area contributed by atoms with Crippen LogP contribution in [-0.2, 0) is 14.9 Å². The van der Waals surface area contributed by atoms with Gasteiger partial charge in [0.1, 0.15) is 4.91 Å². The predicted octanol–water partition coefficient (Wildman–Crippen LogP) is 3.17. The lowest BCUT2D eigenvalue weighted by molar-refractivity contribution is -0.110. The molecule has 6 nitrogen and oxygen atoms in total. The van der Waals surface area contributed by atoms with Crippen LogP contribution in [-0.4, -0.2) is 29.6 Å². The lowest BCUT2D eigenvalue weighted by atomic mass is 9.83. The van der Waals surface area contributed by atoms with Gasteiger partial charge in [-0.15, -0.1) is 0 Å². The number of nitrogens with zero attached hydrogens (tertiary/aromatic N) is 1. The van der Waals surface area contributed by atoms with Crippen molar-refractivity contribution in [1.29, 1.82) is 0 Å². The Bertz CT molecular complexity index is 960. The maximum Gasteiger partial charge on any atom is 0.298 e. The van der Waals surface area contributed by atoms with E-state index < -0.39 is 26.7 Å². The predicted molar refractivity (Wildman–Crippen MR) is 86.4 cm³/mol. The molecule has 0 bridgehead atoms. The summed E-state index contributed by atoms with van der Waals surface area (Å²) < 4.78 is 31.6. The number of phenolic OH excluding ortho intramolecular Hbond substituents is 1. The minimum absolute atomic E-state index is 0.00333. The number of benzene rings is 1. The molecule has 3 rings (SSSR count). The summed E-state index contributed by atoms with van der Waals surface area (Å²) >= 11 is 12.0. The number of carbonyl (C=O) groups excluding carboxylic acids is 1. The van der Waals surface area contributed by atoms with Crippen molar-refractivity contribution in [3.8, 4) is 5.75 Å². The van der Waals surface area contributed by atoms with E-state index >= 15 is 0 Å². The van der Waals surface area contributed by atoms with E-state index in [-0.39, 0.29) is 21.5 Å². The monoisotopic (exact) mass is 373 g/mol. The lowest BCUT2D eigenvalue weighted by Crippen LogP contribution is -2.23. The van der Waals surface area contributed by atoms with Crippen LogP contribution in [0.1, 0.15) is 18.4 Å². The van der Waals surface area contributed by atoms with Crippen molar-refractivity contribution >= 4 is 50.5 Å². The number of ketones is 1. The maximum atomic E-state index is 11.9. The number of aliphatic imine (C=N–C) groups is 1. The molecule has 1 aliphatic carbocycles. The molecule has 1 atom stereocenters. The van der Waals surface area contributed by atoms with Gasteiger partial charge in [-0.1, -0.05) is 30.1 Å². The Kier molecular flexibility index (Phi) is 3.64. The van der Waals surface area contributed by atoms with E-state index in [1.807, 2.05) is 0 Å². The molecule has 2 aliphatic rings. The third-order valence-corrected chi connectivity index (χ3v) is 5.27. The van der Waals surface area contributed by atoms with Crippen LogP contribution in [0.4, 0.5) is 5.69 Å². The highest BCUT2D eigenvalue weighted by atomic mass is 35.5. The first-order valence-corrected chi connectivity index (χ1v) is 8.56. The molecule has 1 heterocycles. The van der Waals surface area contributed by atoms with Crippen molar-refractivity contribution in [2.45, 2.75) is 12.8 Å². The Morgan fingerprint density at radius 1 is 1.26 bits per heavy atom. The van der Waals surface area contributed by atoms with Crippen LogP contribution in [0.5, 0.6) is 5.75 Å². The van der Waals surface area contributed by atoms with Gasteiger partial charge in [0.05, 0.1) is 21.4 Å². The molecular formula is C14H9Cl2NO5S. The summed E-state index contributed by atoms with van der Waals surface area (Å²) in [5, 5.41) is 9.89. The average molecular weight is 374 g/mol. The Morgan fingerprint density at radius 2 is 1.91 bits per heavy atom. The van der Waals surface area contributed by atoms with E-state index in [1.54, 1.807) is 6.92 Å². The van der Waals surface area contributed by atoms with Crippen LogP contribution in [0.15, 0.2) is 33.7 Å². The van der Waals surface area contributed by atoms with Gasteiger partial charge in [0.15, 0.2) is 11.5 Å². The molecule has 2 N–H and O–H groups in total. The quantitative estimate of drug-likeness (QED) is 0.580. The van der Waals surface area contributed by atoms with Gasteiger partial charge in [-0.3, -0.25) is 9.35 Å². The minimum atomic E-state index is -4.65. The molecule has 0 radical (unpaired) electrons. The largest absolute Gasteiger partial charge is 0.505 e. The first kappa shape index (κ1) is 16.2. The van der Waals surface area contributed by atoms with Crippen molar-refractivity contribution in [2.75, 3.05) is 0 Å². The third-order valence-electron chi connectivity index (χ3n) is 3.72. The zero-order chi connectivity index (χ0) is 17.1. The van der Waals surface area contributed by atoms with Gasteiger partial charge in [0.2, 0.25) is 0 Å². The van der Waals surface area contributed by atoms with Crippen molar-refractivity contribution in [3.05, 3.63) is 44.3 Å². The summed E-state index contributed by atoms with van der Waals surface area (Å²) in [6.07, 6.45) is 2.11. The van der Waals surface area contributed by atoms with Crippen molar-refractivity contribution < 1.29 is 22.9 Å². The highest BCUT2D eigenvalue weighted by molar-refractivity contribution is 7.91. The number of rotatable bonds is 1. The number of fused-ring (bicyclic) bond motifs is 2. The average Bonchev–Trinajstić information content (AvgIpc) is 2.44. The molecule has 1 aromatic carbocycles. The fourth-order valence-electron chi connectivity index (χ4n) is 2.61. The van der Waals surface area contributed by atoms with E-state index in [2.05, 4.69) is 4.99 Å². The molecule has 1 unspecified atom stereocenters. The van der Waals surface area contributed by atoms with Gasteiger partial charge in [-0.25, -0.2) is 4.99 Å². The van der Waals surface area contributed by atoms with Crippen LogP contribution in [0.3, 0.4) is 0 Å². The fraction of sp³-hybridized carbons (Fsp3) is 0.143. The summed E-state index contributed by atoms with van der Waals surface area (Å²) in [5.41, 5.74) is 1.51. The molecule has 1 aromatic rings. The standard InChI is InChI=1S/C14H9Cl2NO5S/c1-5-6-2-10(18)11(23(20,21)22)4-8(6)17-9-3-7(15)14(19)13(16)12(5)9/h2-5,19H,1H3,(H,20,21,22).